The number of fused-ring (bicyclic) bond motifs is 1. The van der Waals surface area contributed by atoms with Crippen molar-refractivity contribution in [1.29, 1.82) is 0 Å². The van der Waals surface area contributed by atoms with Gasteiger partial charge in [-0.1, -0.05) is 0 Å². The molecule has 0 saturated carbocycles. The van der Waals surface area contributed by atoms with Crippen LogP contribution in [-0.4, -0.2) is 46.5 Å². The summed E-state index contributed by atoms with van der Waals surface area (Å²) in [5.41, 5.74) is 1.97. The quantitative estimate of drug-likeness (QED) is 0.890. The molecule has 1 fully saturated rings. The van der Waals surface area contributed by atoms with Crippen LogP contribution in [0.2, 0.25) is 0 Å². The number of aromatic nitrogens is 2. The average Bonchev–Trinajstić information content (AvgIpc) is 3.08. The van der Waals surface area contributed by atoms with E-state index in [0.29, 0.717) is 25.5 Å². The van der Waals surface area contributed by atoms with Crippen LogP contribution in [0, 0.1) is 5.82 Å². The molecule has 3 heterocycles. The van der Waals surface area contributed by atoms with Gasteiger partial charge in [-0.3, -0.25) is 9.59 Å². The van der Waals surface area contributed by atoms with Crippen molar-refractivity contribution in [3.63, 3.8) is 0 Å². The van der Waals surface area contributed by atoms with Crippen LogP contribution in [0.25, 0.3) is 0 Å². The fraction of sp³-hybridized carbons (Fsp3) is 0.421. The summed E-state index contributed by atoms with van der Waals surface area (Å²) in [4.78, 5) is 35.9. The minimum atomic E-state index is -0.369. The number of halogens is 1. The number of rotatable bonds is 2. The number of pyridine rings is 2. The van der Waals surface area contributed by atoms with E-state index in [1.54, 1.807) is 17.0 Å². The van der Waals surface area contributed by atoms with Crippen molar-refractivity contribution in [2.75, 3.05) is 24.5 Å². The summed E-state index contributed by atoms with van der Waals surface area (Å²) in [6.45, 7) is 3.58. The van der Waals surface area contributed by atoms with Crippen LogP contribution in [0.3, 0.4) is 0 Å². The van der Waals surface area contributed by atoms with E-state index in [2.05, 4.69) is 14.9 Å². The Morgan fingerprint density at radius 2 is 2.15 bits per heavy atom. The minimum absolute atomic E-state index is 0.0270. The molecule has 0 bridgehead atoms. The molecule has 136 valence electrons. The van der Waals surface area contributed by atoms with Gasteiger partial charge in [-0.25, -0.2) is 9.37 Å². The normalized spacial score (nSPS) is 19.5. The van der Waals surface area contributed by atoms with Crippen LogP contribution in [0.5, 0.6) is 0 Å². The van der Waals surface area contributed by atoms with Crippen molar-refractivity contribution in [2.24, 2.45) is 0 Å². The van der Waals surface area contributed by atoms with Crippen molar-refractivity contribution < 1.29 is 9.18 Å². The third kappa shape index (κ3) is 2.98. The summed E-state index contributed by atoms with van der Waals surface area (Å²) in [7, 11) is 0. The highest BCUT2D eigenvalue weighted by molar-refractivity contribution is 5.94. The van der Waals surface area contributed by atoms with Crippen LogP contribution in [0.15, 0.2) is 29.2 Å². The molecular weight excluding hydrogens is 335 g/mol. The highest BCUT2D eigenvalue weighted by Gasteiger charge is 2.30. The molecule has 0 radical (unpaired) electrons. The molecule has 1 aliphatic carbocycles. The number of carbonyl (C=O) groups excluding carboxylic acids is 1. The summed E-state index contributed by atoms with van der Waals surface area (Å²) in [5, 5.41) is 0. The first kappa shape index (κ1) is 16.8. The van der Waals surface area contributed by atoms with Gasteiger partial charge in [0.1, 0.15) is 17.2 Å². The van der Waals surface area contributed by atoms with E-state index in [1.165, 1.54) is 12.3 Å². The van der Waals surface area contributed by atoms with Crippen molar-refractivity contribution >= 4 is 11.7 Å². The minimum Gasteiger partial charge on any atom is -0.350 e. The Kier molecular flexibility index (Phi) is 4.22. The lowest BCUT2D eigenvalue weighted by molar-refractivity contribution is 0.0724. The lowest BCUT2D eigenvalue weighted by Gasteiger charge is -2.40. The molecule has 1 unspecified atom stereocenters. The number of H-pyrrole nitrogens is 1. The number of amides is 1. The summed E-state index contributed by atoms with van der Waals surface area (Å²) >= 11 is 0. The highest BCUT2D eigenvalue weighted by Crippen LogP contribution is 2.22. The zero-order valence-corrected chi connectivity index (χ0v) is 14.7. The third-order valence-electron chi connectivity index (χ3n) is 5.24. The second-order valence-electron chi connectivity index (χ2n) is 7.00. The van der Waals surface area contributed by atoms with E-state index < -0.39 is 0 Å². The van der Waals surface area contributed by atoms with Gasteiger partial charge in [0.05, 0.1) is 6.20 Å². The first-order valence-electron chi connectivity index (χ1n) is 8.95. The third-order valence-corrected chi connectivity index (χ3v) is 5.24. The van der Waals surface area contributed by atoms with Gasteiger partial charge in [-0.15, -0.1) is 0 Å². The molecule has 2 aliphatic rings. The monoisotopic (exact) mass is 356 g/mol. The van der Waals surface area contributed by atoms with E-state index in [4.69, 9.17) is 0 Å². The number of nitrogens with one attached hydrogen (secondary N) is 1. The van der Waals surface area contributed by atoms with Gasteiger partial charge < -0.3 is 14.8 Å². The number of hydrogen-bond donors (Lipinski definition) is 1. The molecular formula is C19H21FN4O2. The Morgan fingerprint density at radius 3 is 2.88 bits per heavy atom. The molecule has 0 spiro atoms. The van der Waals surface area contributed by atoms with Crippen molar-refractivity contribution in [3.05, 3.63) is 57.4 Å². The van der Waals surface area contributed by atoms with Crippen LogP contribution >= 0.6 is 0 Å². The number of carbonyl (C=O) groups is 1. The molecule has 1 amide bonds. The van der Waals surface area contributed by atoms with Crippen LogP contribution in [-0.2, 0) is 12.8 Å². The SMILES string of the molecule is CC1CN(C(=O)c2cc3c([nH]c2=O)CCC3)CCN1c1ccc(F)cn1. The number of nitrogens with zero attached hydrogens (tertiary/aromatic N) is 3. The maximum Gasteiger partial charge on any atom is 0.261 e. The van der Waals surface area contributed by atoms with Crippen molar-refractivity contribution in [2.45, 2.75) is 32.2 Å². The average molecular weight is 356 g/mol. The standard InChI is InChI=1S/C19H21FN4O2/c1-12-11-23(7-8-24(12)17-6-5-14(20)10-21-17)19(26)15-9-13-3-2-4-16(13)22-18(15)25/h5-6,9-10,12H,2-4,7-8,11H2,1H3,(H,22,25). The van der Waals surface area contributed by atoms with Gasteiger partial charge in [-0.05, 0) is 49.9 Å². The first-order chi connectivity index (χ1) is 12.5. The molecule has 1 N–H and O–H groups in total. The van der Waals surface area contributed by atoms with Gasteiger partial charge in [-0.2, -0.15) is 0 Å². The van der Waals surface area contributed by atoms with Gasteiger partial charge in [0.2, 0.25) is 0 Å². The van der Waals surface area contributed by atoms with Crippen LogP contribution < -0.4 is 10.5 Å². The molecule has 2 aromatic heterocycles. The topological polar surface area (TPSA) is 69.3 Å². The van der Waals surface area contributed by atoms with E-state index in [-0.39, 0.29) is 28.9 Å². The predicted molar refractivity (Wildman–Crippen MR) is 96.0 cm³/mol. The van der Waals surface area contributed by atoms with Gasteiger partial charge in [0.25, 0.3) is 11.5 Å². The molecule has 1 saturated heterocycles. The Labute approximate surface area is 150 Å². The lowest BCUT2D eigenvalue weighted by Crippen LogP contribution is -2.54. The Balaban J connectivity index is 1.51. The molecule has 2 aromatic rings. The number of anilines is 1. The Bertz CT molecular complexity index is 893. The maximum atomic E-state index is 13.1. The van der Waals surface area contributed by atoms with Crippen molar-refractivity contribution in [1.82, 2.24) is 14.9 Å². The van der Waals surface area contributed by atoms with Crippen LogP contribution in [0.4, 0.5) is 10.2 Å². The molecule has 6 nitrogen and oxygen atoms in total. The summed E-state index contributed by atoms with van der Waals surface area (Å²) in [5.74, 6) is 0.104. The van der Waals surface area contributed by atoms with Gasteiger partial charge in [0, 0.05) is 31.4 Å². The molecule has 1 atom stereocenters. The van der Waals surface area contributed by atoms with Crippen molar-refractivity contribution in [3.8, 4) is 0 Å². The zero-order valence-electron chi connectivity index (χ0n) is 14.7. The molecule has 4 rings (SSSR count). The summed E-state index contributed by atoms with van der Waals surface area (Å²) in [6.07, 6.45) is 4.00. The van der Waals surface area contributed by atoms with E-state index in [1.807, 2.05) is 6.92 Å². The van der Waals surface area contributed by atoms with E-state index in [0.717, 1.165) is 30.5 Å². The van der Waals surface area contributed by atoms with Gasteiger partial charge in [0.15, 0.2) is 0 Å². The lowest BCUT2D eigenvalue weighted by atomic mass is 10.1. The Hall–Kier alpha value is -2.70. The maximum absolute atomic E-state index is 13.1. The number of aryl methyl sites for hydroxylation is 2. The van der Waals surface area contributed by atoms with Gasteiger partial charge >= 0.3 is 0 Å². The summed E-state index contributed by atoms with van der Waals surface area (Å²) in [6, 6.07) is 4.83. The summed E-state index contributed by atoms with van der Waals surface area (Å²) < 4.78 is 13.1. The van der Waals surface area contributed by atoms with Crippen LogP contribution in [0.1, 0.15) is 35.0 Å². The predicted octanol–water partition coefficient (Wildman–Crippen LogP) is 1.75. The molecule has 1 aliphatic heterocycles. The number of piperazine rings is 1. The molecule has 7 heteroatoms. The number of hydrogen-bond acceptors (Lipinski definition) is 4. The number of aromatic amines is 1. The second-order valence-corrected chi connectivity index (χ2v) is 7.00. The first-order valence-corrected chi connectivity index (χ1v) is 8.95. The molecule has 26 heavy (non-hydrogen) atoms. The zero-order chi connectivity index (χ0) is 18.3. The largest absolute Gasteiger partial charge is 0.350 e. The highest BCUT2D eigenvalue weighted by atomic mass is 19.1. The second kappa shape index (κ2) is 6.55. The van der Waals surface area contributed by atoms with E-state index >= 15 is 0 Å². The fourth-order valence-electron chi connectivity index (χ4n) is 3.86. The fourth-order valence-corrected chi connectivity index (χ4v) is 3.86. The Morgan fingerprint density at radius 1 is 1.31 bits per heavy atom. The van der Waals surface area contributed by atoms with E-state index in [9.17, 15) is 14.0 Å². The molecule has 0 aromatic carbocycles. The smallest absolute Gasteiger partial charge is 0.261 e.